The molecule has 0 spiro atoms. The van der Waals surface area contributed by atoms with Crippen LogP contribution < -0.4 is 5.32 Å². The average Bonchev–Trinajstić information content (AvgIpc) is 2.42. The maximum absolute atomic E-state index is 3.59. The zero-order chi connectivity index (χ0) is 13.1. The highest BCUT2D eigenvalue weighted by atomic mass is 14.9. The van der Waals surface area contributed by atoms with Gasteiger partial charge in [-0.3, -0.25) is 0 Å². The first kappa shape index (κ1) is 15.2. The summed E-state index contributed by atoms with van der Waals surface area (Å²) in [4.78, 5) is 0. The van der Waals surface area contributed by atoms with Gasteiger partial charge in [-0.2, -0.15) is 0 Å². The van der Waals surface area contributed by atoms with Gasteiger partial charge in [0, 0.05) is 6.54 Å². The Morgan fingerprint density at radius 1 is 1.00 bits per heavy atom. The second-order valence-electron chi connectivity index (χ2n) is 5.24. The standard InChI is InChI=1S/C17H29N/c1-3-5-6-8-11-16(4-2)14-18-15-17-12-9-7-10-13-17/h7,9-10,12-13,16,18H,3-6,8,11,14-15H2,1-2H3. The lowest BCUT2D eigenvalue weighted by atomic mass is 9.98. The maximum atomic E-state index is 3.59. The SMILES string of the molecule is CCCCCCC(CC)CNCc1ccccc1. The number of benzene rings is 1. The normalized spacial score (nSPS) is 12.6. The zero-order valence-electron chi connectivity index (χ0n) is 12.1. The van der Waals surface area contributed by atoms with Crippen molar-refractivity contribution in [2.75, 3.05) is 6.54 Å². The van der Waals surface area contributed by atoms with Gasteiger partial charge in [-0.05, 0) is 24.4 Å². The molecule has 1 rings (SSSR count). The Labute approximate surface area is 113 Å². The third kappa shape index (κ3) is 6.80. The van der Waals surface area contributed by atoms with Crippen molar-refractivity contribution in [1.29, 1.82) is 0 Å². The molecule has 1 atom stereocenters. The quantitative estimate of drug-likeness (QED) is 0.587. The van der Waals surface area contributed by atoms with Gasteiger partial charge in [0.1, 0.15) is 0 Å². The highest BCUT2D eigenvalue weighted by molar-refractivity contribution is 5.14. The second kappa shape index (κ2) is 10.1. The fourth-order valence-electron chi connectivity index (χ4n) is 2.33. The van der Waals surface area contributed by atoms with E-state index in [0.29, 0.717) is 0 Å². The molecule has 0 aromatic heterocycles. The molecule has 0 fully saturated rings. The average molecular weight is 247 g/mol. The second-order valence-corrected chi connectivity index (χ2v) is 5.24. The summed E-state index contributed by atoms with van der Waals surface area (Å²) in [5.74, 6) is 0.852. The van der Waals surface area contributed by atoms with Crippen LogP contribution in [0.4, 0.5) is 0 Å². The molecular formula is C17H29N. The number of hydrogen-bond acceptors (Lipinski definition) is 1. The lowest BCUT2D eigenvalue weighted by molar-refractivity contribution is 0.412. The summed E-state index contributed by atoms with van der Waals surface area (Å²) < 4.78 is 0. The van der Waals surface area contributed by atoms with Crippen LogP contribution in [-0.4, -0.2) is 6.54 Å². The maximum Gasteiger partial charge on any atom is 0.0205 e. The van der Waals surface area contributed by atoms with Crippen LogP contribution in [-0.2, 0) is 6.54 Å². The van der Waals surface area contributed by atoms with Gasteiger partial charge in [-0.15, -0.1) is 0 Å². The molecule has 1 aromatic carbocycles. The molecule has 0 aliphatic carbocycles. The van der Waals surface area contributed by atoms with E-state index < -0.39 is 0 Å². The van der Waals surface area contributed by atoms with Crippen LogP contribution in [0.15, 0.2) is 30.3 Å². The van der Waals surface area contributed by atoms with E-state index in [9.17, 15) is 0 Å². The summed E-state index contributed by atoms with van der Waals surface area (Å²) in [7, 11) is 0. The summed E-state index contributed by atoms with van der Waals surface area (Å²) in [5, 5.41) is 3.59. The number of rotatable bonds is 10. The third-order valence-electron chi connectivity index (χ3n) is 3.65. The van der Waals surface area contributed by atoms with E-state index >= 15 is 0 Å². The smallest absolute Gasteiger partial charge is 0.0205 e. The first-order chi connectivity index (χ1) is 8.86. The highest BCUT2D eigenvalue weighted by Gasteiger charge is 2.05. The molecule has 1 nitrogen and oxygen atoms in total. The summed E-state index contributed by atoms with van der Waals surface area (Å²) in [6.07, 6.45) is 8.23. The minimum absolute atomic E-state index is 0.852. The van der Waals surface area contributed by atoms with Crippen LogP contribution in [0.2, 0.25) is 0 Å². The molecular weight excluding hydrogens is 218 g/mol. The van der Waals surface area contributed by atoms with Gasteiger partial charge in [0.15, 0.2) is 0 Å². The van der Waals surface area contributed by atoms with Gasteiger partial charge >= 0.3 is 0 Å². The fraction of sp³-hybridized carbons (Fsp3) is 0.647. The van der Waals surface area contributed by atoms with Gasteiger partial charge in [0.05, 0.1) is 0 Å². The monoisotopic (exact) mass is 247 g/mol. The van der Waals surface area contributed by atoms with Gasteiger partial charge in [-0.1, -0.05) is 76.3 Å². The molecule has 0 amide bonds. The van der Waals surface area contributed by atoms with E-state index in [4.69, 9.17) is 0 Å². The Bertz CT molecular complexity index is 281. The molecule has 0 aliphatic heterocycles. The molecule has 102 valence electrons. The van der Waals surface area contributed by atoms with Gasteiger partial charge in [0.2, 0.25) is 0 Å². The molecule has 1 aromatic rings. The first-order valence-electron chi connectivity index (χ1n) is 7.61. The number of hydrogen-bond donors (Lipinski definition) is 1. The van der Waals surface area contributed by atoms with Gasteiger partial charge in [0.25, 0.3) is 0 Å². The van der Waals surface area contributed by atoms with Crippen LogP contribution in [0.1, 0.15) is 57.9 Å². The molecule has 18 heavy (non-hydrogen) atoms. The minimum atomic E-state index is 0.852. The molecule has 1 N–H and O–H groups in total. The summed E-state index contributed by atoms with van der Waals surface area (Å²) in [5.41, 5.74) is 1.39. The molecule has 0 saturated heterocycles. The van der Waals surface area contributed by atoms with E-state index in [0.717, 1.165) is 19.0 Å². The number of nitrogens with one attached hydrogen (secondary N) is 1. The van der Waals surface area contributed by atoms with Crippen molar-refractivity contribution in [2.45, 2.75) is 58.9 Å². The molecule has 0 radical (unpaired) electrons. The van der Waals surface area contributed by atoms with Gasteiger partial charge < -0.3 is 5.32 Å². The summed E-state index contributed by atoms with van der Waals surface area (Å²) in [6, 6.07) is 10.7. The molecule has 1 unspecified atom stereocenters. The number of unbranched alkanes of at least 4 members (excludes halogenated alkanes) is 3. The molecule has 1 heteroatoms. The Balaban J connectivity index is 2.11. The Hall–Kier alpha value is -0.820. The Morgan fingerprint density at radius 2 is 1.78 bits per heavy atom. The zero-order valence-corrected chi connectivity index (χ0v) is 12.1. The van der Waals surface area contributed by atoms with Crippen molar-refractivity contribution in [3.8, 4) is 0 Å². The van der Waals surface area contributed by atoms with E-state index in [-0.39, 0.29) is 0 Å². The van der Waals surface area contributed by atoms with E-state index in [1.54, 1.807) is 0 Å². The van der Waals surface area contributed by atoms with E-state index in [1.807, 2.05) is 0 Å². The molecule has 0 aliphatic rings. The van der Waals surface area contributed by atoms with Crippen LogP contribution in [0.25, 0.3) is 0 Å². The minimum Gasteiger partial charge on any atom is -0.312 e. The first-order valence-corrected chi connectivity index (χ1v) is 7.61. The van der Waals surface area contributed by atoms with Gasteiger partial charge in [-0.25, -0.2) is 0 Å². The lowest BCUT2D eigenvalue weighted by Gasteiger charge is -2.15. The van der Waals surface area contributed by atoms with Crippen molar-refractivity contribution in [1.82, 2.24) is 5.32 Å². The fourth-order valence-corrected chi connectivity index (χ4v) is 2.33. The summed E-state index contributed by atoms with van der Waals surface area (Å²) >= 11 is 0. The van der Waals surface area contributed by atoms with E-state index in [1.165, 1.54) is 44.1 Å². The van der Waals surface area contributed by atoms with Crippen molar-refractivity contribution in [2.24, 2.45) is 5.92 Å². The van der Waals surface area contributed by atoms with Crippen molar-refractivity contribution < 1.29 is 0 Å². The summed E-state index contributed by atoms with van der Waals surface area (Å²) in [6.45, 7) is 6.76. The molecule has 0 saturated carbocycles. The molecule has 0 heterocycles. The van der Waals surface area contributed by atoms with E-state index in [2.05, 4.69) is 49.5 Å². The van der Waals surface area contributed by atoms with Crippen molar-refractivity contribution in [3.63, 3.8) is 0 Å². The van der Waals surface area contributed by atoms with Crippen LogP contribution in [0.5, 0.6) is 0 Å². The molecule has 0 bridgehead atoms. The lowest BCUT2D eigenvalue weighted by Crippen LogP contribution is -2.22. The Morgan fingerprint density at radius 3 is 2.44 bits per heavy atom. The Kier molecular flexibility index (Phi) is 8.58. The third-order valence-corrected chi connectivity index (χ3v) is 3.65. The highest BCUT2D eigenvalue weighted by Crippen LogP contribution is 2.13. The van der Waals surface area contributed by atoms with Crippen molar-refractivity contribution >= 4 is 0 Å². The van der Waals surface area contributed by atoms with Crippen LogP contribution >= 0.6 is 0 Å². The van der Waals surface area contributed by atoms with Crippen LogP contribution in [0.3, 0.4) is 0 Å². The largest absolute Gasteiger partial charge is 0.312 e. The van der Waals surface area contributed by atoms with Crippen LogP contribution in [0, 0.1) is 5.92 Å². The predicted molar refractivity (Wildman–Crippen MR) is 80.7 cm³/mol. The van der Waals surface area contributed by atoms with Crippen molar-refractivity contribution in [3.05, 3.63) is 35.9 Å². The topological polar surface area (TPSA) is 12.0 Å². The predicted octanol–water partition coefficient (Wildman–Crippen LogP) is 4.77.